The molecule has 3 heteroatoms. The molecule has 1 aromatic rings. The molecule has 0 aliphatic carbocycles. The highest BCUT2D eigenvalue weighted by Crippen LogP contribution is 2.37. The second-order valence-electron chi connectivity index (χ2n) is 4.16. The van der Waals surface area contributed by atoms with E-state index in [1.165, 1.54) is 0 Å². The van der Waals surface area contributed by atoms with Gasteiger partial charge in [-0.25, -0.2) is 0 Å². The van der Waals surface area contributed by atoms with Gasteiger partial charge in [-0.2, -0.15) is 4.74 Å². The molecule has 1 aromatic carbocycles. The number of fused-ring (bicyclic) bond motifs is 1. The maximum Gasteiger partial charge on any atom is 0.230 e. The number of rotatable bonds is 2. The molecule has 1 aliphatic heterocycles. The number of allylic oxidation sites excluding steroid dienone is 1. The van der Waals surface area contributed by atoms with Gasteiger partial charge in [-0.15, -0.1) is 6.58 Å². The Morgan fingerprint density at radius 3 is 2.88 bits per heavy atom. The summed E-state index contributed by atoms with van der Waals surface area (Å²) in [7, 11) is 0. The van der Waals surface area contributed by atoms with Crippen LogP contribution in [0.5, 0.6) is 0 Å². The lowest BCUT2D eigenvalue weighted by Crippen LogP contribution is -2.38. The molecule has 0 fully saturated rings. The maximum atomic E-state index is 11.9. The lowest BCUT2D eigenvalue weighted by molar-refractivity contribution is -0.357. The summed E-state index contributed by atoms with van der Waals surface area (Å²) < 4.78 is 0.641. The summed E-state index contributed by atoms with van der Waals surface area (Å²) in [5.41, 5.74) is 0.669. The van der Waals surface area contributed by atoms with Crippen molar-refractivity contribution in [3.63, 3.8) is 0 Å². The highest BCUT2D eigenvalue weighted by Gasteiger charge is 2.41. The largest absolute Gasteiger partial charge is 0.618 e. The van der Waals surface area contributed by atoms with Gasteiger partial charge in [-0.05, 0) is 13.3 Å². The van der Waals surface area contributed by atoms with E-state index in [1.807, 2.05) is 19.1 Å². The lowest BCUT2D eigenvalue weighted by atomic mass is 9.74. The molecule has 0 saturated heterocycles. The van der Waals surface area contributed by atoms with Gasteiger partial charge in [-0.1, -0.05) is 24.3 Å². The van der Waals surface area contributed by atoms with E-state index in [0.717, 1.165) is 11.8 Å². The van der Waals surface area contributed by atoms with E-state index in [4.69, 9.17) is 0 Å². The van der Waals surface area contributed by atoms with Gasteiger partial charge in [0, 0.05) is 11.6 Å². The highest BCUT2D eigenvalue weighted by atomic mass is 16.5. The minimum Gasteiger partial charge on any atom is -0.618 e. The molecule has 82 valence electrons. The molecule has 1 atom stereocenters. The number of nitrogens with zero attached hydrogens (tertiary/aromatic N) is 1. The van der Waals surface area contributed by atoms with Crippen molar-refractivity contribution in [1.82, 2.24) is 0 Å². The standard InChI is InChI=1S/C13H13NO2/c1-3-8-13(2)10-6-4-5-7-11(10)14(16)9-12(13)15/h3-7,9H,1,8H2,2H3. The fourth-order valence-electron chi connectivity index (χ4n) is 2.08. The molecule has 2 rings (SSSR count). The van der Waals surface area contributed by atoms with Gasteiger partial charge in [0.1, 0.15) is 0 Å². The number of Topliss-reactive ketones (excluding diaryl/α,β-unsaturated/α-hetero) is 1. The number of carbonyl (C=O) groups excluding carboxylic acids is 1. The van der Waals surface area contributed by atoms with Crippen LogP contribution in [0.1, 0.15) is 18.9 Å². The first-order valence-electron chi connectivity index (χ1n) is 5.15. The summed E-state index contributed by atoms with van der Waals surface area (Å²) in [5.74, 6) is -0.166. The topological polar surface area (TPSA) is 43.1 Å². The summed E-state index contributed by atoms with van der Waals surface area (Å²) in [6.07, 6.45) is 3.36. The molecular formula is C13H13NO2. The van der Waals surface area contributed by atoms with Crippen LogP contribution in [-0.2, 0) is 10.2 Å². The van der Waals surface area contributed by atoms with Crippen molar-refractivity contribution in [3.8, 4) is 0 Å². The Morgan fingerprint density at radius 1 is 1.50 bits per heavy atom. The zero-order chi connectivity index (χ0) is 11.8. The molecule has 0 amide bonds. The molecular weight excluding hydrogens is 202 g/mol. The quantitative estimate of drug-likeness (QED) is 0.431. The fourth-order valence-corrected chi connectivity index (χ4v) is 2.08. The van der Waals surface area contributed by atoms with Gasteiger partial charge in [0.25, 0.3) is 0 Å². The van der Waals surface area contributed by atoms with Crippen LogP contribution in [0, 0.1) is 5.21 Å². The Kier molecular flexibility index (Phi) is 2.38. The molecule has 0 saturated carbocycles. The minimum absolute atomic E-state index is 0.166. The van der Waals surface area contributed by atoms with Crippen LogP contribution >= 0.6 is 0 Å². The number of hydrogen-bond acceptors (Lipinski definition) is 2. The van der Waals surface area contributed by atoms with Crippen molar-refractivity contribution in [2.75, 3.05) is 0 Å². The first-order valence-corrected chi connectivity index (χ1v) is 5.15. The summed E-state index contributed by atoms with van der Waals surface area (Å²) in [6, 6.07) is 7.19. The summed E-state index contributed by atoms with van der Waals surface area (Å²) >= 11 is 0. The average molecular weight is 215 g/mol. The predicted molar refractivity (Wildman–Crippen MR) is 63.0 cm³/mol. The first kappa shape index (κ1) is 10.6. The van der Waals surface area contributed by atoms with E-state index in [-0.39, 0.29) is 5.78 Å². The van der Waals surface area contributed by atoms with Crippen LogP contribution in [0.25, 0.3) is 0 Å². The van der Waals surface area contributed by atoms with Crippen LogP contribution in [0.2, 0.25) is 0 Å². The first-order chi connectivity index (χ1) is 7.59. The molecule has 0 radical (unpaired) electrons. The van der Waals surface area contributed by atoms with E-state index in [9.17, 15) is 10.0 Å². The molecule has 0 aromatic heterocycles. The Balaban J connectivity index is 2.66. The van der Waals surface area contributed by atoms with Gasteiger partial charge in [0.2, 0.25) is 17.7 Å². The predicted octanol–water partition coefficient (Wildman–Crippen LogP) is 2.32. The molecule has 0 bridgehead atoms. The van der Waals surface area contributed by atoms with Crippen LogP contribution < -0.4 is 0 Å². The van der Waals surface area contributed by atoms with Gasteiger partial charge in [-0.3, -0.25) is 4.79 Å². The van der Waals surface area contributed by atoms with E-state index < -0.39 is 5.41 Å². The normalized spacial score (nSPS) is 23.6. The van der Waals surface area contributed by atoms with Gasteiger partial charge >= 0.3 is 0 Å². The molecule has 1 unspecified atom stereocenters. The Bertz CT molecular complexity index is 490. The van der Waals surface area contributed by atoms with Crippen molar-refractivity contribution in [2.45, 2.75) is 18.8 Å². The van der Waals surface area contributed by atoms with E-state index in [1.54, 1.807) is 18.2 Å². The number of ketones is 1. The van der Waals surface area contributed by atoms with Crippen LogP contribution in [-0.4, -0.2) is 16.7 Å². The third-order valence-corrected chi connectivity index (χ3v) is 3.07. The zero-order valence-electron chi connectivity index (χ0n) is 9.14. The van der Waals surface area contributed by atoms with Gasteiger partial charge in [0.05, 0.1) is 5.41 Å². The molecule has 1 heterocycles. The zero-order valence-corrected chi connectivity index (χ0v) is 9.14. The summed E-state index contributed by atoms with van der Waals surface area (Å²) in [6.45, 7) is 5.52. The van der Waals surface area contributed by atoms with Crippen LogP contribution in [0.4, 0.5) is 5.69 Å². The van der Waals surface area contributed by atoms with E-state index >= 15 is 0 Å². The molecule has 0 N–H and O–H groups in total. The van der Waals surface area contributed by atoms with Gasteiger partial charge < -0.3 is 5.21 Å². The monoisotopic (exact) mass is 215 g/mol. The number of benzene rings is 1. The Hall–Kier alpha value is -1.90. The number of para-hydroxylation sites is 1. The third kappa shape index (κ3) is 1.36. The summed E-state index contributed by atoms with van der Waals surface area (Å²) in [5, 5.41) is 11.6. The van der Waals surface area contributed by atoms with E-state index in [0.29, 0.717) is 16.8 Å². The second-order valence-corrected chi connectivity index (χ2v) is 4.16. The Labute approximate surface area is 94.3 Å². The van der Waals surface area contributed by atoms with Crippen molar-refractivity contribution < 1.29 is 9.53 Å². The van der Waals surface area contributed by atoms with Crippen LogP contribution in [0.3, 0.4) is 0 Å². The second kappa shape index (κ2) is 3.59. The molecule has 1 aliphatic rings. The maximum absolute atomic E-state index is 11.9. The van der Waals surface area contributed by atoms with Crippen LogP contribution in [0.15, 0.2) is 36.9 Å². The third-order valence-electron chi connectivity index (χ3n) is 3.07. The van der Waals surface area contributed by atoms with Crippen molar-refractivity contribution in [1.29, 1.82) is 0 Å². The number of carbonyl (C=O) groups is 1. The molecule has 0 spiro atoms. The smallest absolute Gasteiger partial charge is 0.230 e. The lowest BCUT2D eigenvalue weighted by Gasteiger charge is -2.29. The fraction of sp³-hybridized carbons (Fsp3) is 0.231. The SMILES string of the molecule is C=CCC1(C)C(=O)C=[N+]([O-])c2ccccc21. The Morgan fingerprint density at radius 2 is 2.19 bits per heavy atom. The van der Waals surface area contributed by atoms with E-state index in [2.05, 4.69) is 6.58 Å². The molecule has 16 heavy (non-hydrogen) atoms. The van der Waals surface area contributed by atoms with Crippen molar-refractivity contribution in [3.05, 3.63) is 47.7 Å². The van der Waals surface area contributed by atoms with Crippen molar-refractivity contribution >= 4 is 17.7 Å². The molecule has 3 nitrogen and oxygen atoms in total. The minimum atomic E-state index is -0.654. The highest BCUT2D eigenvalue weighted by molar-refractivity contribution is 6.31. The van der Waals surface area contributed by atoms with Gasteiger partial charge in [0.15, 0.2) is 0 Å². The van der Waals surface area contributed by atoms with Crippen molar-refractivity contribution in [2.24, 2.45) is 0 Å². The number of hydrogen-bond donors (Lipinski definition) is 0. The average Bonchev–Trinajstić information content (AvgIpc) is 2.27. The summed E-state index contributed by atoms with van der Waals surface area (Å²) in [4.78, 5) is 11.9.